The van der Waals surface area contributed by atoms with Gasteiger partial charge in [0.2, 0.25) is 24.0 Å². The quantitative estimate of drug-likeness (QED) is 0.277. The summed E-state index contributed by atoms with van der Waals surface area (Å²) in [6.45, 7) is 2.24. The lowest BCUT2D eigenvalue weighted by Crippen LogP contribution is -2.20. The van der Waals surface area contributed by atoms with Crippen molar-refractivity contribution in [1.82, 2.24) is 9.97 Å². The Morgan fingerprint density at radius 1 is 1.09 bits per heavy atom. The molecule has 0 aliphatic heterocycles. The van der Waals surface area contributed by atoms with Crippen LogP contribution in [0.3, 0.4) is 0 Å². The van der Waals surface area contributed by atoms with E-state index in [0.29, 0.717) is 12.2 Å². The summed E-state index contributed by atoms with van der Waals surface area (Å²) in [6.07, 6.45) is 2.95. The fourth-order valence-electron chi connectivity index (χ4n) is 2.42. The van der Waals surface area contributed by atoms with E-state index in [-0.39, 0.29) is 23.3 Å². The van der Waals surface area contributed by atoms with Crippen molar-refractivity contribution in [3.8, 4) is 40.5 Å². The van der Waals surface area contributed by atoms with Gasteiger partial charge >= 0.3 is 0 Å². The van der Waals surface area contributed by atoms with Gasteiger partial charge in [-0.3, -0.25) is 4.18 Å². The molecule has 1 aromatic carbocycles. The highest BCUT2D eigenvalue weighted by atomic mass is 32.2. The zero-order valence-corrected chi connectivity index (χ0v) is 18.1. The van der Waals surface area contributed by atoms with Crippen molar-refractivity contribution < 1.29 is 26.6 Å². The summed E-state index contributed by atoms with van der Waals surface area (Å²) in [5.41, 5.74) is 2.09. The highest BCUT2D eigenvalue weighted by Gasteiger charge is 2.22. The first kappa shape index (κ1) is 23.2. The molecule has 0 N–H and O–H groups in total. The summed E-state index contributed by atoms with van der Waals surface area (Å²) in [5.74, 6) is -2.34. The third-order valence-electron chi connectivity index (χ3n) is 3.86. The van der Waals surface area contributed by atoms with E-state index in [1.807, 2.05) is 6.92 Å². The van der Waals surface area contributed by atoms with Crippen LogP contribution in [-0.2, 0) is 4.18 Å². The van der Waals surface area contributed by atoms with Gasteiger partial charge in [0.25, 0.3) is 11.8 Å². The number of ether oxygens (including phenoxy) is 2. The molecule has 0 aliphatic carbocycles. The van der Waals surface area contributed by atoms with E-state index in [9.17, 15) is 8.78 Å². The van der Waals surface area contributed by atoms with Crippen LogP contribution >= 0.6 is 12.3 Å². The number of hydrogen-bond acceptors (Lipinski definition) is 8. The highest BCUT2D eigenvalue weighted by molar-refractivity contribution is 7.90. The average Bonchev–Trinajstić information content (AvgIpc) is 2.79. The Bertz CT molecular complexity index is 1090. The molecule has 0 saturated carbocycles. The van der Waals surface area contributed by atoms with Gasteiger partial charge in [-0.15, -0.1) is 0 Å². The zero-order chi connectivity index (χ0) is 23.0. The lowest BCUT2D eigenvalue weighted by Gasteiger charge is -2.13. The number of aromatic nitrogens is 2. The Morgan fingerprint density at radius 3 is 2.56 bits per heavy atom. The maximum atomic E-state index is 13.0. The van der Waals surface area contributed by atoms with Crippen molar-refractivity contribution in [3.63, 3.8) is 0 Å². The van der Waals surface area contributed by atoms with E-state index in [4.69, 9.17) is 23.1 Å². The molecule has 0 amide bonds. The van der Waals surface area contributed by atoms with E-state index in [1.54, 1.807) is 36.5 Å². The van der Waals surface area contributed by atoms with E-state index in [0.717, 1.165) is 30.4 Å². The predicted octanol–water partition coefficient (Wildman–Crippen LogP) is 5.82. The molecule has 0 fully saturated rings. The molecule has 10 heteroatoms. The Balaban J connectivity index is 1.84. The molecule has 7 nitrogen and oxygen atoms in total. The van der Waals surface area contributed by atoms with E-state index in [2.05, 4.69) is 16.0 Å². The smallest absolute Gasteiger partial charge is 0.278 e. The predicted molar refractivity (Wildman–Crippen MR) is 115 cm³/mol. The molecule has 0 aliphatic rings. The molecular weight excluding hydrogens is 440 g/mol. The van der Waals surface area contributed by atoms with Crippen molar-refractivity contribution in [2.75, 3.05) is 13.2 Å². The van der Waals surface area contributed by atoms with Gasteiger partial charge in [0.1, 0.15) is 5.75 Å². The molecule has 0 unspecified atom stereocenters. The summed E-state index contributed by atoms with van der Waals surface area (Å²) in [5, 5.41) is 8.97. The first-order chi connectivity index (χ1) is 15.4. The summed E-state index contributed by atoms with van der Waals surface area (Å²) in [7, 11) is 0. The molecule has 0 saturated heterocycles. The monoisotopic (exact) mass is 459 g/mol. The standard InChI is InChI=1S/C22H19F2N3O4S/c1-3-29-32-31-19-10-17(16-6-4-15(12-25)5-7-16)13-27-21(19)30-20-11-18(8-9-26-20)28-14-22(2,23)24/h4-11,13H,3,14H2,1-2H3. The topological polar surface area (TPSA) is 86.5 Å². The maximum Gasteiger partial charge on any atom is 0.278 e. The van der Waals surface area contributed by atoms with Crippen molar-refractivity contribution in [2.45, 2.75) is 19.8 Å². The van der Waals surface area contributed by atoms with Crippen molar-refractivity contribution in [3.05, 3.63) is 60.4 Å². The van der Waals surface area contributed by atoms with Gasteiger partial charge in [-0.2, -0.15) is 5.26 Å². The lowest BCUT2D eigenvalue weighted by molar-refractivity contribution is -0.0230. The summed E-state index contributed by atoms with van der Waals surface area (Å²) >= 11 is 0.764. The molecule has 2 heterocycles. The molecule has 0 bridgehead atoms. The first-order valence-corrected chi connectivity index (χ1v) is 10.2. The number of nitrogens with zero attached hydrogens (tertiary/aromatic N) is 3. The molecule has 0 radical (unpaired) electrons. The molecule has 0 spiro atoms. The van der Waals surface area contributed by atoms with Crippen molar-refractivity contribution in [2.24, 2.45) is 0 Å². The van der Waals surface area contributed by atoms with E-state index in [1.165, 1.54) is 18.3 Å². The third-order valence-corrected chi connectivity index (χ3v) is 4.43. The first-order valence-electron chi connectivity index (χ1n) is 9.49. The number of benzene rings is 1. The second kappa shape index (κ2) is 10.7. The third kappa shape index (κ3) is 6.80. The van der Waals surface area contributed by atoms with Crippen LogP contribution in [0.5, 0.6) is 23.3 Å². The van der Waals surface area contributed by atoms with Gasteiger partial charge in [-0.25, -0.2) is 18.7 Å². The number of rotatable bonds is 10. The van der Waals surface area contributed by atoms with Gasteiger partial charge in [0, 0.05) is 30.9 Å². The van der Waals surface area contributed by atoms with Crippen LogP contribution in [0.25, 0.3) is 11.1 Å². The fraction of sp³-hybridized carbons (Fsp3) is 0.227. The minimum absolute atomic E-state index is 0.0896. The van der Waals surface area contributed by atoms with Crippen molar-refractivity contribution >= 4 is 12.3 Å². The Labute approximate surface area is 188 Å². The molecule has 32 heavy (non-hydrogen) atoms. The van der Waals surface area contributed by atoms with Gasteiger partial charge in [-0.05, 0) is 36.8 Å². The number of nitriles is 1. The highest BCUT2D eigenvalue weighted by Crippen LogP contribution is 2.35. The summed E-state index contributed by atoms with van der Waals surface area (Å²) in [4.78, 5) is 8.37. The van der Waals surface area contributed by atoms with E-state index >= 15 is 0 Å². The molecule has 166 valence electrons. The SMILES string of the molecule is CCOSOc1cc(-c2ccc(C#N)cc2)cnc1Oc1cc(OCC(C)(F)F)ccn1. The fourth-order valence-corrected chi connectivity index (χ4v) is 2.76. The summed E-state index contributed by atoms with van der Waals surface area (Å²) in [6, 6.07) is 13.6. The van der Waals surface area contributed by atoms with Crippen LogP contribution < -0.4 is 13.7 Å². The number of alkyl halides is 2. The van der Waals surface area contributed by atoms with Crippen LogP contribution in [-0.4, -0.2) is 29.1 Å². The maximum absolute atomic E-state index is 13.0. The van der Waals surface area contributed by atoms with Gasteiger partial charge in [-0.1, -0.05) is 12.1 Å². The minimum atomic E-state index is -2.97. The largest absolute Gasteiger partial charge is 0.487 e. The number of pyridine rings is 2. The Kier molecular flexibility index (Phi) is 7.81. The Hall–Kier alpha value is -3.42. The van der Waals surface area contributed by atoms with Crippen LogP contribution in [0.4, 0.5) is 8.78 Å². The van der Waals surface area contributed by atoms with Gasteiger partial charge in [0.05, 0.1) is 18.2 Å². The Morgan fingerprint density at radius 2 is 1.88 bits per heavy atom. The molecule has 3 aromatic rings. The molecular formula is C22H19F2N3O4S. The lowest BCUT2D eigenvalue weighted by atomic mass is 10.1. The van der Waals surface area contributed by atoms with Gasteiger partial charge < -0.3 is 13.7 Å². The minimum Gasteiger partial charge on any atom is -0.487 e. The van der Waals surface area contributed by atoms with Crippen LogP contribution in [0.15, 0.2) is 54.9 Å². The summed E-state index contributed by atoms with van der Waals surface area (Å²) < 4.78 is 47.6. The number of hydrogen-bond donors (Lipinski definition) is 0. The van der Waals surface area contributed by atoms with Crippen LogP contribution in [0.1, 0.15) is 19.4 Å². The normalized spacial score (nSPS) is 11.0. The second-order valence-electron chi connectivity index (χ2n) is 6.57. The second-order valence-corrected chi connectivity index (χ2v) is 7.10. The zero-order valence-electron chi connectivity index (χ0n) is 17.2. The van der Waals surface area contributed by atoms with E-state index < -0.39 is 12.5 Å². The van der Waals surface area contributed by atoms with Crippen LogP contribution in [0.2, 0.25) is 0 Å². The number of halogens is 2. The average molecular weight is 459 g/mol. The molecule has 2 aromatic heterocycles. The van der Waals surface area contributed by atoms with Crippen LogP contribution in [0, 0.1) is 11.3 Å². The molecule has 0 atom stereocenters. The van der Waals surface area contributed by atoms with Crippen molar-refractivity contribution in [1.29, 1.82) is 5.26 Å². The molecule has 3 rings (SSSR count). The van der Waals surface area contributed by atoms with Gasteiger partial charge in [0.15, 0.2) is 6.61 Å².